The smallest absolute Gasteiger partial charge is 0.224 e. The Morgan fingerprint density at radius 1 is 1.14 bits per heavy atom. The minimum Gasteiger partial charge on any atom is -0.224 e. The molecule has 1 rings (SSSR count). The second kappa shape index (κ2) is 5.82. The molecule has 0 radical (unpaired) electrons. The van der Waals surface area contributed by atoms with Crippen molar-refractivity contribution in [2.24, 2.45) is 0 Å². The van der Waals surface area contributed by atoms with Gasteiger partial charge in [0.15, 0.2) is 9.84 Å². The predicted octanol–water partition coefficient (Wildman–Crippen LogP) is 1.92. The molecule has 0 aliphatic heterocycles. The molecule has 0 bridgehead atoms. The number of halogens is 4. The van der Waals surface area contributed by atoms with Gasteiger partial charge in [-0.25, -0.2) is 16.8 Å². The Labute approximate surface area is 123 Å². The van der Waals surface area contributed by atoms with E-state index in [-0.39, 0.29) is 0 Å². The van der Waals surface area contributed by atoms with Gasteiger partial charge >= 0.3 is 6.18 Å². The van der Waals surface area contributed by atoms with Crippen LogP contribution in [-0.4, -0.2) is 28.3 Å². The van der Waals surface area contributed by atoms with Crippen molar-refractivity contribution in [2.75, 3.05) is 11.5 Å². The lowest BCUT2D eigenvalue weighted by atomic mass is 10.1. The highest BCUT2D eigenvalue weighted by molar-refractivity contribution is 8.14. The fourth-order valence-corrected chi connectivity index (χ4v) is 4.56. The van der Waals surface area contributed by atoms with Crippen molar-refractivity contribution in [2.45, 2.75) is 11.1 Å². The summed E-state index contributed by atoms with van der Waals surface area (Å²) in [7, 11) is -3.46. The van der Waals surface area contributed by atoms with Crippen LogP contribution in [0, 0.1) is 11.3 Å². The first kappa shape index (κ1) is 17.7. The van der Waals surface area contributed by atoms with Crippen LogP contribution in [0.3, 0.4) is 0 Å². The maximum atomic E-state index is 12.5. The average molecular weight is 362 g/mol. The lowest BCUT2D eigenvalue weighted by Crippen LogP contribution is -2.16. The Balaban J connectivity index is 3.29. The van der Waals surface area contributed by atoms with Crippen LogP contribution < -0.4 is 0 Å². The molecule has 0 N–H and O–H groups in total. The monoisotopic (exact) mass is 361 g/mol. The molecule has 0 aromatic heterocycles. The maximum Gasteiger partial charge on any atom is 0.416 e. The van der Waals surface area contributed by atoms with Crippen molar-refractivity contribution in [3.8, 4) is 6.07 Å². The van der Waals surface area contributed by atoms with Crippen LogP contribution in [0.2, 0.25) is 0 Å². The first-order chi connectivity index (χ1) is 9.37. The quantitative estimate of drug-likeness (QED) is 0.764. The molecule has 11 heteroatoms. The molecule has 1 aromatic carbocycles. The molecule has 5 nitrogen and oxygen atoms in total. The number of sulfone groups is 1. The molecule has 0 atom stereocenters. The Hall–Kier alpha value is -1.31. The van der Waals surface area contributed by atoms with Crippen molar-refractivity contribution in [3.05, 3.63) is 29.3 Å². The van der Waals surface area contributed by atoms with Gasteiger partial charge in [-0.2, -0.15) is 18.4 Å². The topological polar surface area (TPSA) is 92.1 Å². The molecule has 0 spiro atoms. The highest BCUT2D eigenvalue weighted by Gasteiger charge is 2.32. The maximum absolute atomic E-state index is 12.5. The van der Waals surface area contributed by atoms with Crippen LogP contribution in [-0.2, 0) is 25.1 Å². The van der Waals surface area contributed by atoms with Gasteiger partial charge in [0.25, 0.3) is 0 Å². The average Bonchev–Trinajstić information content (AvgIpc) is 2.34. The van der Waals surface area contributed by atoms with Crippen LogP contribution in [0.4, 0.5) is 13.2 Å². The molecule has 0 amide bonds. The Morgan fingerprint density at radius 2 is 1.71 bits per heavy atom. The summed E-state index contributed by atoms with van der Waals surface area (Å²) < 4.78 is 82.6. The van der Waals surface area contributed by atoms with Gasteiger partial charge in [0.2, 0.25) is 9.05 Å². The number of benzene rings is 1. The third kappa shape index (κ3) is 4.87. The SMILES string of the molecule is N#Cc1cc(C(F)(F)F)ccc1S(=O)(=O)CCS(=O)(=O)Cl. The summed E-state index contributed by atoms with van der Waals surface area (Å²) in [5.74, 6) is -1.85. The lowest BCUT2D eigenvalue weighted by Gasteiger charge is -2.10. The lowest BCUT2D eigenvalue weighted by molar-refractivity contribution is -0.137. The van der Waals surface area contributed by atoms with Gasteiger partial charge in [0.05, 0.1) is 27.5 Å². The highest BCUT2D eigenvalue weighted by atomic mass is 35.7. The van der Waals surface area contributed by atoms with Crippen molar-refractivity contribution < 1.29 is 30.0 Å². The zero-order valence-corrected chi connectivity index (χ0v) is 12.4. The first-order valence-corrected chi connectivity index (χ1v) is 9.26. The Morgan fingerprint density at radius 3 is 2.14 bits per heavy atom. The van der Waals surface area contributed by atoms with E-state index in [1.54, 1.807) is 0 Å². The predicted molar refractivity (Wildman–Crippen MR) is 67.9 cm³/mol. The number of nitriles is 1. The molecule has 0 unspecified atom stereocenters. The molecular weight excluding hydrogens is 355 g/mol. The number of rotatable bonds is 4. The summed E-state index contributed by atoms with van der Waals surface area (Å²) in [5, 5.41) is 8.77. The minimum atomic E-state index is -4.73. The number of hydrogen-bond acceptors (Lipinski definition) is 5. The standard InChI is InChI=1S/C10H7ClF3NO4S2/c11-21(18,19)4-3-20(16,17)9-2-1-8(10(12,13)14)5-7(9)6-15/h1-2,5H,3-4H2. The molecule has 0 saturated heterocycles. The van der Waals surface area contributed by atoms with E-state index in [2.05, 4.69) is 0 Å². The third-order valence-electron chi connectivity index (χ3n) is 2.36. The van der Waals surface area contributed by atoms with Crippen LogP contribution in [0.1, 0.15) is 11.1 Å². The number of hydrogen-bond donors (Lipinski definition) is 0. The van der Waals surface area contributed by atoms with Gasteiger partial charge in [-0.15, -0.1) is 0 Å². The molecule has 0 saturated carbocycles. The molecule has 21 heavy (non-hydrogen) atoms. The summed E-state index contributed by atoms with van der Waals surface area (Å²) in [6, 6.07) is 2.87. The van der Waals surface area contributed by atoms with E-state index in [0.29, 0.717) is 18.2 Å². The highest BCUT2D eigenvalue weighted by Crippen LogP contribution is 2.31. The summed E-state index contributed by atoms with van der Waals surface area (Å²) in [4.78, 5) is -0.668. The zero-order chi connectivity index (χ0) is 16.5. The van der Waals surface area contributed by atoms with Gasteiger partial charge in [-0.05, 0) is 18.2 Å². The summed E-state index contributed by atoms with van der Waals surface area (Å²) >= 11 is 0. The Bertz CT molecular complexity index is 795. The van der Waals surface area contributed by atoms with Gasteiger partial charge in [0.1, 0.15) is 6.07 Å². The number of nitrogens with zero attached hydrogens (tertiary/aromatic N) is 1. The largest absolute Gasteiger partial charge is 0.416 e. The molecule has 116 valence electrons. The van der Waals surface area contributed by atoms with Crippen molar-refractivity contribution in [1.29, 1.82) is 5.26 Å². The summed E-state index contributed by atoms with van der Waals surface area (Å²) in [6.07, 6.45) is -4.73. The van der Waals surface area contributed by atoms with E-state index >= 15 is 0 Å². The zero-order valence-electron chi connectivity index (χ0n) is 10.1. The van der Waals surface area contributed by atoms with E-state index in [1.165, 1.54) is 6.07 Å². The third-order valence-corrected chi connectivity index (χ3v) is 5.54. The van der Waals surface area contributed by atoms with Crippen molar-refractivity contribution in [1.82, 2.24) is 0 Å². The van der Waals surface area contributed by atoms with E-state index in [0.717, 1.165) is 0 Å². The number of alkyl halides is 3. The van der Waals surface area contributed by atoms with Crippen LogP contribution in [0.5, 0.6) is 0 Å². The fourth-order valence-electron chi connectivity index (χ4n) is 1.38. The second-order valence-corrected chi connectivity index (χ2v) is 8.86. The van der Waals surface area contributed by atoms with Gasteiger partial charge in [-0.1, -0.05) is 0 Å². The van der Waals surface area contributed by atoms with E-state index in [9.17, 15) is 30.0 Å². The molecule has 0 fully saturated rings. The van der Waals surface area contributed by atoms with Crippen LogP contribution in [0.25, 0.3) is 0 Å². The molecule has 0 heterocycles. The second-order valence-electron chi connectivity index (χ2n) is 3.88. The summed E-state index contributed by atoms with van der Waals surface area (Å²) in [6.45, 7) is 0. The molecule has 0 aliphatic rings. The van der Waals surface area contributed by atoms with Crippen molar-refractivity contribution >= 4 is 29.6 Å². The van der Waals surface area contributed by atoms with Crippen LogP contribution in [0.15, 0.2) is 23.1 Å². The molecule has 0 aliphatic carbocycles. The molecule has 1 aromatic rings. The fraction of sp³-hybridized carbons (Fsp3) is 0.300. The van der Waals surface area contributed by atoms with E-state index in [4.69, 9.17) is 15.9 Å². The molecular formula is C10H7ClF3NO4S2. The van der Waals surface area contributed by atoms with Gasteiger partial charge in [-0.3, -0.25) is 0 Å². The van der Waals surface area contributed by atoms with Gasteiger partial charge in [0, 0.05) is 10.7 Å². The minimum absolute atomic E-state index is 0.391. The summed E-state index contributed by atoms with van der Waals surface area (Å²) in [5.41, 5.74) is -1.89. The normalized spacial score (nSPS) is 12.9. The van der Waals surface area contributed by atoms with E-state index < -0.39 is 52.6 Å². The van der Waals surface area contributed by atoms with Crippen LogP contribution >= 0.6 is 10.7 Å². The van der Waals surface area contributed by atoms with Crippen molar-refractivity contribution in [3.63, 3.8) is 0 Å². The Kier molecular flexibility index (Phi) is 4.92. The van der Waals surface area contributed by atoms with Gasteiger partial charge < -0.3 is 0 Å². The van der Waals surface area contributed by atoms with E-state index in [1.807, 2.05) is 0 Å². The first-order valence-electron chi connectivity index (χ1n) is 5.13.